The first-order valence-electron chi connectivity index (χ1n) is 6.49. The minimum Gasteiger partial charge on any atom is -0.380 e. The van der Waals surface area contributed by atoms with Gasteiger partial charge in [-0.15, -0.1) is 0 Å². The van der Waals surface area contributed by atoms with Crippen LogP contribution in [0.5, 0.6) is 0 Å². The molecular weight excluding hydrogens is 220 g/mol. The summed E-state index contributed by atoms with van der Waals surface area (Å²) in [5.41, 5.74) is 5.01. The van der Waals surface area contributed by atoms with E-state index >= 15 is 0 Å². The molecule has 92 valence electrons. The predicted octanol–water partition coefficient (Wildman–Crippen LogP) is 3.49. The molecule has 0 amide bonds. The zero-order valence-electron chi connectivity index (χ0n) is 10.9. The maximum Gasteiger partial charge on any atom is 0.115 e. The van der Waals surface area contributed by atoms with Crippen LogP contribution >= 0.6 is 0 Å². The van der Waals surface area contributed by atoms with Crippen molar-refractivity contribution in [3.63, 3.8) is 0 Å². The fourth-order valence-electron chi connectivity index (χ4n) is 3.11. The van der Waals surface area contributed by atoms with Crippen LogP contribution in [-0.2, 0) is 12.0 Å². The summed E-state index contributed by atoms with van der Waals surface area (Å²) in [6.07, 6.45) is 1.74. The molecule has 0 saturated heterocycles. The molecule has 0 heterocycles. The minimum atomic E-state index is -0.798. The highest BCUT2D eigenvalue weighted by Crippen LogP contribution is 2.42. The summed E-state index contributed by atoms with van der Waals surface area (Å²) in [4.78, 5) is 0. The second-order valence-corrected chi connectivity index (χ2v) is 5.39. The Morgan fingerprint density at radius 1 is 1.00 bits per heavy atom. The largest absolute Gasteiger partial charge is 0.380 e. The summed E-state index contributed by atoms with van der Waals surface area (Å²) < 4.78 is 0. The van der Waals surface area contributed by atoms with E-state index in [0.717, 1.165) is 24.0 Å². The Morgan fingerprint density at radius 3 is 2.39 bits per heavy atom. The van der Waals surface area contributed by atoms with Crippen LogP contribution in [0.2, 0.25) is 0 Å². The van der Waals surface area contributed by atoms with E-state index < -0.39 is 5.60 Å². The smallest absolute Gasteiger partial charge is 0.115 e. The summed E-state index contributed by atoms with van der Waals surface area (Å²) >= 11 is 0. The molecule has 1 N–H and O–H groups in total. The first kappa shape index (κ1) is 11.5. The molecule has 2 aromatic rings. The first-order valence-corrected chi connectivity index (χ1v) is 6.49. The van der Waals surface area contributed by atoms with Crippen molar-refractivity contribution >= 4 is 0 Å². The van der Waals surface area contributed by atoms with E-state index in [-0.39, 0.29) is 0 Å². The van der Waals surface area contributed by atoms with Gasteiger partial charge in [0.25, 0.3) is 0 Å². The Balaban J connectivity index is 2.17. The molecule has 1 aliphatic rings. The Hall–Kier alpha value is -1.60. The summed E-state index contributed by atoms with van der Waals surface area (Å²) in [5, 5.41) is 11.1. The summed E-state index contributed by atoms with van der Waals surface area (Å²) in [5.74, 6) is 0. The van der Waals surface area contributed by atoms with Crippen LogP contribution in [0.25, 0.3) is 0 Å². The highest BCUT2D eigenvalue weighted by molar-refractivity contribution is 5.46. The average Bonchev–Trinajstić information content (AvgIpc) is 2.68. The van der Waals surface area contributed by atoms with Crippen LogP contribution in [-0.4, -0.2) is 5.11 Å². The van der Waals surface area contributed by atoms with E-state index in [1.165, 1.54) is 16.7 Å². The lowest BCUT2D eigenvalue weighted by Gasteiger charge is -2.25. The summed E-state index contributed by atoms with van der Waals surface area (Å²) in [6, 6.07) is 14.6. The van der Waals surface area contributed by atoms with E-state index in [2.05, 4.69) is 44.2 Å². The topological polar surface area (TPSA) is 20.2 Å². The molecular formula is C17H18O. The molecule has 0 aromatic heterocycles. The molecule has 1 unspecified atom stereocenters. The van der Waals surface area contributed by atoms with Crippen molar-refractivity contribution in [2.24, 2.45) is 0 Å². The van der Waals surface area contributed by atoms with Crippen molar-refractivity contribution in [2.45, 2.75) is 32.3 Å². The van der Waals surface area contributed by atoms with E-state index in [1.807, 2.05) is 12.1 Å². The third kappa shape index (κ3) is 1.67. The fourth-order valence-corrected chi connectivity index (χ4v) is 3.11. The van der Waals surface area contributed by atoms with Crippen molar-refractivity contribution in [1.82, 2.24) is 0 Å². The fraction of sp³-hybridized carbons (Fsp3) is 0.294. The third-order valence-corrected chi connectivity index (χ3v) is 3.92. The van der Waals surface area contributed by atoms with Gasteiger partial charge >= 0.3 is 0 Å². The lowest BCUT2D eigenvalue weighted by molar-refractivity contribution is 0.0828. The van der Waals surface area contributed by atoms with Crippen molar-refractivity contribution in [1.29, 1.82) is 0 Å². The second-order valence-electron chi connectivity index (χ2n) is 5.39. The molecule has 1 heteroatoms. The van der Waals surface area contributed by atoms with E-state index in [9.17, 15) is 5.11 Å². The molecule has 0 radical (unpaired) electrons. The van der Waals surface area contributed by atoms with E-state index in [0.29, 0.717) is 0 Å². The van der Waals surface area contributed by atoms with Crippen molar-refractivity contribution in [3.8, 4) is 0 Å². The van der Waals surface area contributed by atoms with Gasteiger partial charge in [0.15, 0.2) is 0 Å². The van der Waals surface area contributed by atoms with Gasteiger partial charge in [-0.2, -0.15) is 0 Å². The van der Waals surface area contributed by atoms with Crippen molar-refractivity contribution < 1.29 is 5.11 Å². The lowest BCUT2D eigenvalue weighted by atomic mass is 9.86. The third-order valence-electron chi connectivity index (χ3n) is 3.92. The highest BCUT2D eigenvalue weighted by atomic mass is 16.3. The Morgan fingerprint density at radius 2 is 1.67 bits per heavy atom. The predicted molar refractivity (Wildman–Crippen MR) is 73.7 cm³/mol. The standard InChI is InChI=1S/C17H18O/c1-12-9-13(2)11-15(10-12)17(18)8-7-14-5-3-4-6-16(14)17/h3-6,9-11,18H,7-8H2,1-2H3. The van der Waals surface area contributed by atoms with Gasteiger partial charge in [-0.25, -0.2) is 0 Å². The molecule has 2 aromatic carbocycles. The molecule has 0 bridgehead atoms. The number of hydrogen-bond donors (Lipinski definition) is 1. The van der Waals surface area contributed by atoms with Gasteiger partial charge in [0.05, 0.1) is 0 Å². The van der Waals surface area contributed by atoms with Gasteiger partial charge in [0.2, 0.25) is 0 Å². The molecule has 18 heavy (non-hydrogen) atoms. The summed E-state index contributed by atoms with van der Waals surface area (Å²) in [7, 11) is 0. The number of benzene rings is 2. The van der Waals surface area contributed by atoms with Crippen LogP contribution in [0.15, 0.2) is 42.5 Å². The Kier molecular flexibility index (Phi) is 2.53. The zero-order valence-corrected chi connectivity index (χ0v) is 10.9. The normalized spacial score (nSPS) is 21.9. The number of fused-ring (bicyclic) bond motifs is 1. The molecule has 1 nitrogen and oxygen atoms in total. The van der Waals surface area contributed by atoms with Crippen LogP contribution in [0, 0.1) is 13.8 Å². The summed E-state index contributed by atoms with van der Waals surface area (Å²) in [6.45, 7) is 4.17. The number of rotatable bonds is 1. The van der Waals surface area contributed by atoms with E-state index in [4.69, 9.17) is 0 Å². The highest BCUT2D eigenvalue weighted by Gasteiger charge is 2.38. The Bertz CT molecular complexity index is 580. The number of aryl methyl sites for hydroxylation is 3. The van der Waals surface area contributed by atoms with Crippen LogP contribution in [0.3, 0.4) is 0 Å². The van der Waals surface area contributed by atoms with Crippen molar-refractivity contribution in [3.05, 3.63) is 70.3 Å². The number of aliphatic hydroxyl groups is 1. The molecule has 0 fully saturated rings. The van der Waals surface area contributed by atoms with Crippen LogP contribution in [0.4, 0.5) is 0 Å². The van der Waals surface area contributed by atoms with Gasteiger partial charge in [0, 0.05) is 0 Å². The van der Waals surface area contributed by atoms with Crippen LogP contribution in [0.1, 0.15) is 34.2 Å². The lowest BCUT2D eigenvalue weighted by Crippen LogP contribution is -2.24. The first-order chi connectivity index (χ1) is 8.59. The number of hydrogen-bond acceptors (Lipinski definition) is 1. The molecule has 1 aliphatic carbocycles. The molecule has 0 aliphatic heterocycles. The van der Waals surface area contributed by atoms with Gasteiger partial charge in [-0.3, -0.25) is 0 Å². The quantitative estimate of drug-likeness (QED) is 0.806. The SMILES string of the molecule is Cc1cc(C)cc(C2(O)CCc3ccccc32)c1. The average molecular weight is 238 g/mol. The molecule has 0 saturated carbocycles. The van der Waals surface area contributed by atoms with Gasteiger partial charge in [-0.1, -0.05) is 53.6 Å². The Labute approximate surface area is 108 Å². The molecule has 1 atom stereocenters. The van der Waals surface area contributed by atoms with Gasteiger partial charge in [-0.05, 0) is 43.4 Å². The minimum absolute atomic E-state index is 0.787. The van der Waals surface area contributed by atoms with Gasteiger partial charge < -0.3 is 5.11 Å². The molecule has 3 rings (SSSR count). The monoisotopic (exact) mass is 238 g/mol. The maximum atomic E-state index is 11.1. The zero-order chi connectivity index (χ0) is 12.8. The van der Waals surface area contributed by atoms with Crippen LogP contribution < -0.4 is 0 Å². The maximum absolute atomic E-state index is 11.1. The van der Waals surface area contributed by atoms with E-state index in [1.54, 1.807) is 0 Å². The second kappa shape index (κ2) is 3.96. The van der Waals surface area contributed by atoms with Crippen molar-refractivity contribution in [2.75, 3.05) is 0 Å². The van der Waals surface area contributed by atoms with Gasteiger partial charge in [0.1, 0.15) is 5.60 Å². The molecule has 0 spiro atoms.